The van der Waals surface area contributed by atoms with E-state index in [1.54, 1.807) is 4.90 Å². The second kappa shape index (κ2) is 11.0. The van der Waals surface area contributed by atoms with E-state index in [1.165, 1.54) is 0 Å². The van der Waals surface area contributed by atoms with Gasteiger partial charge in [0.1, 0.15) is 6.04 Å². The Labute approximate surface area is 181 Å². The summed E-state index contributed by atoms with van der Waals surface area (Å²) < 4.78 is 0. The number of hydrogen-bond donors (Lipinski definition) is 1. The Bertz CT molecular complexity index is 875. The highest BCUT2D eigenvalue weighted by Crippen LogP contribution is 2.18. The monoisotopic (exact) mass is 408 g/mol. The number of nitrogens with one attached hydrogen (secondary N) is 1. The molecule has 4 nitrogen and oxygen atoms in total. The molecule has 0 spiro atoms. The third kappa shape index (κ3) is 6.45. The first kappa shape index (κ1) is 23.7. The van der Waals surface area contributed by atoms with Crippen LogP contribution in [0.5, 0.6) is 0 Å². The van der Waals surface area contributed by atoms with E-state index in [0.717, 1.165) is 34.2 Å². The molecule has 2 atom stereocenters. The smallest absolute Gasteiger partial charge is 0.243 e. The van der Waals surface area contributed by atoms with Gasteiger partial charge in [0.2, 0.25) is 11.8 Å². The number of aryl methyl sites for hydroxylation is 3. The third-order valence-corrected chi connectivity index (χ3v) is 5.67. The normalized spacial score (nSPS) is 12.9. The van der Waals surface area contributed by atoms with Gasteiger partial charge < -0.3 is 10.2 Å². The zero-order valence-corrected chi connectivity index (χ0v) is 19.3. The van der Waals surface area contributed by atoms with Crippen molar-refractivity contribution >= 4 is 11.8 Å². The Morgan fingerprint density at radius 2 is 1.67 bits per heavy atom. The maximum atomic E-state index is 13.5. The van der Waals surface area contributed by atoms with Crippen LogP contribution >= 0.6 is 0 Å². The summed E-state index contributed by atoms with van der Waals surface area (Å²) in [7, 11) is 0. The quantitative estimate of drug-likeness (QED) is 0.643. The van der Waals surface area contributed by atoms with Gasteiger partial charge in [-0.1, -0.05) is 67.4 Å². The lowest BCUT2D eigenvalue weighted by atomic mass is 10.0. The second-order valence-corrected chi connectivity index (χ2v) is 8.36. The highest BCUT2D eigenvalue weighted by atomic mass is 16.2. The molecule has 0 aliphatic carbocycles. The van der Waals surface area contributed by atoms with E-state index in [9.17, 15) is 9.59 Å². The molecule has 162 valence electrons. The molecule has 0 aliphatic heterocycles. The van der Waals surface area contributed by atoms with Crippen LogP contribution in [-0.4, -0.2) is 28.8 Å². The van der Waals surface area contributed by atoms with Crippen LogP contribution in [0.25, 0.3) is 0 Å². The van der Waals surface area contributed by atoms with Crippen molar-refractivity contribution in [2.24, 2.45) is 0 Å². The number of hydrogen-bond acceptors (Lipinski definition) is 2. The molecule has 2 rings (SSSR count). The van der Waals surface area contributed by atoms with Crippen LogP contribution in [0.3, 0.4) is 0 Å². The maximum absolute atomic E-state index is 13.5. The predicted molar refractivity (Wildman–Crippen MR) is 123 cm³/mol. The summed E-state index contributed by atoms with van der Waals surface area (Å²) in [6.07, 6.45) is 1.73. The van der Waals surface area contributed by atoms with E-state index in [4.69, 9.17) is 0 Å². The lowest BCUT2D eigenvalue weighted by molar-refractivity contribution is -0.141. The molecule has 30 heavy (non-hydrogen) atoms. The Balaban J connectivity index is 2.34. The second-order valence-electron chi connectivity index (χ2n) is 8.36. The molecule has 0 radical (unpaired) electrons. The lowest BCUT2D eigenvalue weighted by Crippen LogP contribution is -2.51. The lowest BCUT2D eigenvalue weighted by Gasteiger charge is -2.32. The number of carbonyl (C=O) groups excluding carboxylic acids is 2. The third-order valence-electron chi connectivity index (χ3n) is 5.67. The number of amides is 2. The first-order valence-electron chi connectivity index (χ1n) is 11.0. The molecule has 0 heterocycles. The minimum atomic E-state index is -0.489. The Morgan fingerprint density at radius 1 is 0.967 bits per heavy atom. The Kier molecular flexibility index (Phi) is 8.64. The van der Waals surface area contributed by atoms with Crippen LogP contribution in [0.4, 0.5) is 0 Å². The van der Waals surface area contributed by atoms with Crippen molar-refractivity contribution in [3.8, 4) is 0 Å². The predicted octanol–water partition coefficient (Wildman–Crippen LogP) is 4.88. The van der Waals surface area contributed by atoms with E-state index in [1.807, 2.05) is 59.7 Å². The molecular weight excluding hydrogens is 372 g/mol. The molecule has 0 unspecified atom stereocenters. The standard InChI is InChI=1S/C26H36N2O2/c1-7-21(6)27-26(30)24(8-2)28(17-22-11-9-10-18(3)14-22)25(29)16-23-15-19(4)12-13-20(23)5/h9-15,21,24H,7-8,16-17H2,1-6H3,(H,27,30)/t21-,24+/m1/s1. The van der Waals surface area contributed by atoms with Gasteiger partial charge in [-0.15, -0.1) is 0 Å². The van der Waals surface area contributed by atoms with Gasteiger partial charge in [0, 0.05) is 12.6 Å². The number of carbonyl (C=O) groups is 2. The van der Waals surface area contributed by atoms with E-state index in [-0.39, 0.29) is 17.9 Å². The van der Waals surface area contributed by atoms with Gasteiger partial charge in [-0.25, -0.2) is 0 Å². The molecule has 2 aromatic rings. The van der Waals surface area contributed by atoms with Crippen molar-refractivity contribution in [3.63, 3.8) is 0 Å². The van der Waals surface area contributed by atoms with Crippen LogP contribution in [0, 0.1) is 20.8 Å². The van der Waals surface area contributed by atoms with Crippen molar-refractivity contribution in [1.82, 2.24) is 10.2 Å². The highest BCUT2D eigenvalue weighted by molar-refractivity contribution is 5.88. The van der Waals surface area contributed by atoms with Crippen molar-refractivity contribution in [2.45, 2.75) is 79.4 Å². The number of rotatable bonds is 9. The van der Waals surface area contributed by atoms with E-state index in [0.29, 0.717) is 19.4 Å². The summed E-state index contributed by atoms with van der Waals surface area (Å²) in [6.45, 7) is 12.5. The van der Waals surface area contributed by atoms with Crippen LogP contribution in [0.1, 0.15) is 61.4 Å². The zero-order chi connectivity index (χ0) is 22.3. The van der Waals surface area contributed by atoms with Crippen LogP contribution in [0.15, 0.2) is 42.5 Å². The van der Waals surface area contributed by atoms with Crippen molar-refractivity contribution < 1.29 is 9.59 Å². The minimum absolute atomic E-state index is 0.0173. The van der Waals surface area contributed by atoms with Gasteiger partial charge in [-0.3, -0.25) is 9.59 Å². The summed E-state index contributed by atoms with van der Waals surface area (Å²) in [5.74, 6) is -0.0924. The van der Waals surface area contributed by atoms with Gasteiger partial charge in [0.25, 0.3) is 0 Å². The zero-order valence-electron chi connectivity index (χ0n) is 19.3. The number of benzene rings is 2. The number of nitrogens with zero attached hydrogens (tertiary/aromatic N) is 1. The van der Waals surface area contributed by atoms with Gasteiger partial charge in [-0.2, -0.15) is 0 Å². The molecule has 4 heteroatoms. The highest BCUT2D eigenvalue weighted by Gasteiger charge is 2.29. The van der Waals surface area contributed by atoms with E-state index in [2.05, 4.69) is 29.6 Å². The first-order valence-corrected chi connectivity index (χ1v) is 11.0. The average molecular weight is 409 g/mol. The fourth-order valence-electron chi connectivity index (χ4n) is 3.62. The largest absolute Gasteiger partial charge is 0.352 e. The first-order chi connectivity index (χ1) is 14.2. The van der Waals surface area contributed by atoms with E-state index < -0.39 is 6.04 Å². The summed E-state index contributed by atoms with van der Waals surface area (Å²) in [4.78, 5) is 28.2. The molecule has 0 aromatic heterocycles. The molecule has 0 fully saturated rings. The summed E-state index contributed by atoms with van der Waals surface area (Å²) >= 11 is 0. The van der Waals surface area contributed by atoms with Crippen LogP contribution in [0.2, 0.25) is 0 Å². The fraction of sp³-hybridized carbons (Fsp3) is 0.462. The van der Waals surface area contributed by atoms with Crippen LogP contribution < -0.4 is 5.32 Å². The van der Waals surface area contributed by atoms with Crippen molar-refractivity contribution in [2.75, 3.05) is 0 Å². The SMILES string of the molecule is CC[C@@H](C)NC(=O)[C@H](CC)N(Cc1cccc(C)c1)C(=O)Cc1cc(C)ccc1C. The summed E-state index contributed by atoms with van der Waals surface area (Å²) in [5.41, 5.74) is 5.44. The molecule has 0 saturated carbocycles. The molecule has 2 aromatic carbocycles. The van der Waals surface area contributed by atoms with Crippen molar-refractivity contribution in [1.29, 1.82) is 0 Å². The molecule has 0 bridgehead atoms. The minimum Gasteiger partial charge on any atom is -0.352 e. The van der Waals surface area contributed by atoms with Gasteiger partial charge in [-0.05, 0) is 57.2 Å². The fourth-order valence-corrected chi connectivity index (χ4v) is 3.62. The van der Waals surface area contributed by atoms with Gasteiger partial charge >= 0.3 is 0 Å². The maximum Gasteiger partial charge on any atom is 0.243 e. The van der Waals surface area contributed by atoms with Crippen molar-refractivity contribution in [3.05, 3.63) is 70.3 Å². The van der Waals surface area contributed by atoms with E-state index >= 15 is 0 Å². The van der Waals surface area contributed by atoms with Crippen LogP contribution in [-0.2, 0) is 22.6 Å². The molecule has 1 N–H and O–H groups in total. The molecule has 0 saturated heterocycles. The summed E-state index contributed by atoms with van der Waals surface area (Å²) in [5, 5.41) is 3.06. The summed E-state index contributed by atoms with van der Waals surface area (Å²) in [6, 6.07) is 13.9. The Morgan fingerprint density at radius 3 is 2.30 bits per heavy atom. The molecule has 0 aliphatic rings. The van der Waals surface area contributed by atoms with Gasteiger partial charge in [0.15, 0.2) is 0 Å². The van der Waals surface area contributed by atoms with Gasteiger partial charge in [0.05, 0.1) is 6.42 Å². The topological polar surface area (TPSA) is 49.4 Å². The Hall–Kier alpha value is -2.62. The molecule has 2 amide bonds. The molecular formula is C26H36N2O2. The average Bonchev–Trinajstić information content (AvgIpc) is 2.70.